The Morgan fingerprint density at radius 3 is 2.43 bits per heavy atom. The number of halogens is 1. The maximum atomic E-state index is 11.5. The normalized spacial score (nSPS) is 12.1. The van der Waals surface area contributed by atoms with Crippen molar-refractivity contribution >= 4 is 40.0 Å². The van der Waals surface area contributed by atoms with Gasteiger partial charge in [0.2, 0.25) is 10.0 Å². The summed E-state index contributed by atoms with van der Waals surface area (Å²) in [6.45, 7) is 9.57. The quantitative estimate of drug-likeness (QED) is 0.281. The predicted molar refractivity (Wildman–Crippen MR) is 132 cm³/mol. The van der Waals surface area contributed by atoms with Gasteiger partial charge in [0.25, 0.3) is 0 Å². The Morgan fingerprint density at radius 1 is 1.10 bits per heavy atom. The standard InChI is InChI=1S/C21H30N4O3S.HI/c1-5-23-20(24-14-16-9-8-11-18(13-16)29(22,26)27)25-15-17-10-6-7-12-19(17)28-21(2,3)4;/h6-13H,5,14-15H2,1-4H3,(H2,22,26,27)(H2,23,24,25);1H. The maximum absolute atomic E-state index is 11.5. The number of rotatable bonds is 7. The van der Waals surface area contributed by atoms with Crippen molar-refractivity contribution in [3.8, 4) is 5.75 Å². The highest BCUT2D eigenvalue weighted by Crippen LogP contribution is 2.22. The van der Waals surface area contributed by atoms with E-state index in [4.69, 9.17) is 9.88 Å². The number of ether oxygens (including phenoxy) is 1. The monoisotopic (exact) mass is 546 g/mol. The Labute approximate surface area is 196 Å². The third-order valence-corrected chi connectivity index (χ3v) is 4.74. The Bertz CT molecular complexity index is 957. The van der Waals surface area contributed by atoms with Crippen LogP contribution in [-0.4, -0.2) is 26.5 Å². The average Bonchev–Trinajstić information content (AvgIpc) is 2.63. The van der Waals surface area contributed by atoms with Crippen molar-refractivity contribution in [2.45, 2.75) is 51.3 Å². The number of hydrogen-bond donors (Lipinski definition) is 3. The zero-order chi connectivity index (χ0) is 21.5. The molecule has 0 saturated carbocycles. The fraction of sp³-hybridized carbons (Fsp3) is 0.381. The lowest BCUT2D eigenvalue weighted by atomic mass is 10.1. The minimum Gasteiger partial charge on any atom is -0.488 e. The van der Waals surface area contributed by atoms with Gasteiger partial charge in [-0.3, -0.25) is 0 Å². The molecule has 7 nitrogen and oxygen atoms in total. The van der Waals surface area contributed by atoms with Gasteiger partial charge in [0.1, 0.15) is 11.4 Å². The fourth-order valence-corrected chi connectivity index (χ4v) is 3.18. The van der Waals surface area contributed by atoms with Crippen LogP contribution in [0.25, 0.3) is 0 Å². The summed E-state index contributed by atoms with van der Waals surface area (Å²) in [7, 11) is -3.73. The first-order chi connectivity index (χ1) is 13.6. The molecule has 30 heavy (non-hydrogen) atoms. The minimum absolute atomic E-state index is 0. The topological polar surface area (TPSA) is 106 Å². The predicted octanol–water partition coefficient (Wildman–Crippen LogP) is 3.38. The van der Waals surface area contributed by atoms with Gasteiger partial charge >= 0.3 is 0 Å². The number of aliphatic imine (C=N–C) groups is 1. The van der Waals surface area contributed by atoms with Gasteiger partial charge in [-0.2, -0.15) is 0 Å². The van der Waals surface area contributed by atoms with Crippen molar-refractivity contribution in [3.05, 3.63) is 59.7 Å². The second kappa shape index (κ2) is 11.5. The molecule has 0 saturated heterocycles. The molecule has 0 radical (unpaired) electrons. The number of hydrogen-bond acceptors (Lipinski definition) is 4. The van der Waals surface area contributed by atoms with E-state index >= 15 is 0 Å². The largest absolute Gasteiger partial charge is 0.488 e. The van der Waals surface area contributed by atoms with E-state index in [0.717, 1.165) is 16.9 Å². The maximum Gasteiger partial charge on any atom is 0.238 e. The van der Waals surface area contributed by atoms with E-state index < -0.39 is 10.0 Å². The Balaban J connectivity index is 0.00000450. The number of nitrogens with two attached hydrogens (primary N) is 1. The molecule has 0 aromatic heterocycles. The molecule has 2 aromatic carbocycles. The molecule has 0 aliphatic carbocycles. The first-order valence-corrected chi connectivity index (χ1v) is 11.0. The SMILES string of the molecule is CCNC(=NCc1cccc(S(N)(=O)=O)c1)NCc1ccccc1OC(C)(C)C.I. The van der Waals surface area contributed by atoms with Gasteiger partial charge in [-0.25, -0.2) is 18.5 Å². The molecule has 0 heterocycles. The van der Waals surface area contributed by atoms with E-state index in [1.54, 1.807) is 6.07 Å². The van der Waals surface area contributed by atoms with Crippen molar-refractivity contribution in [2.75, 3.05) is 6.54 Å². The van der Waals surface area contributed by atoms with Gasteiger partial charge < -0.3 is 15.4 Å². The lowest BCUT2D eigenvalue weighted by molar-refractivity contribution is 0.129. The van der Waals surface area contributed by atoms with Gasteiger partial charge in [-0.15, -0.1) is 24.0 Å². The highest BCUT2D eigenvalue weighted by atomic mass is 127. The summed E-state index contributed by atoms with van der Waals surface area (Å²) in [5.74, 6) is 1.45. The van der Waals surface area contributed by atoms with Gasteiger partial charge in [-0.1, -0.05) is 30.3 Å². The zero-order valence-corrected chi connectivity index (χ0v) is 21.0. The molecule has 0 atom stereocenters. The number of nitrogens with one attached hydrogen (secondary N) is 2. The summed E-state index contributed by atoms with van der Waals surface area (Å²) in [6.07, 6.45) is 0. The van der Waals surface area contributed by atoms with Gasteiger partial charge in [-0.05, 0) is 51.5 Å². The van der Waals surface area contributed by atoms with Gasteiger partial charge in [0, 0.05) is 18.7 Å². The lowest BCUT2D eigenvalue weighted by Gasteiger charge is -2.23. The third-order valence-electron chi connectivity index (χ3n) is 3.83. The summed E-state index contributed by atoms with van der Waals surface area (Å²) in [5, 5.41) is 11.7. The zero-order valence-electron chi connectivity index (χ0n) is 17.8. The number of nitrogens with zero attached hydrogens (tertiary/aromatic N) is 1. The second-order valence-corrected chi connectivity index (χ2v) is 9.12. The summed E-state index contributed by atoms with van der Waals surface area (Å²) >= 11 is 0. The van der Waals surface area contributed by atoms with Crippen molar-refractivity contribution in [2.24, 2.45) is 10.1 Å². The molecule has 2 aromatic rings. The van der Waals surface area contributed by atoms with Crippen LogP contribution in [0.4, 0.5) is 0 Å². The van der Waals surface area contributed by atoms with Crippen LogP contribution in [0, 0.1) is 0 Å². The number of sulfonamides is 1. The van der Waals surface area contributed by atoms with Crippen molar-refractivity contribution in [1.29, 1.82) is 0 Å². The molecule has 0 aliphatic heterocycles. The number of primary sulfonamides is 1. The van der Waals surface area contributed by atoms with Crippen molar-refractivity contribution in [1.82, 2.24) is 10.6 Å². The number of benzene rings is 2. The van der Waals surface area contributed by atoms with Crippen LogP contribution in [0.15, 0.2) is 58.4 Å². The van der Waals surface area contributed by atoms with Crippen LogP contribution >= 0.6 is 24.0 Å². The van der Waals surface area contributed by atoms with Crippen LogP contribution in [0.2, 0.25) is 0 Å². The Hall–Kier alpha value is -1.85. The minimum atomic E-state index is -3.73. The molecule has 0 bridgehead atoms. The molecule has 9 heteroatoms. The number of para-hydroxylation sites is 1. The first-order valence-electron chi connectivity index (χ1n) is 9.49. The van der Waals surface area contributed by atoms with Crippen LogP contribution in [0.5, 0.6) is 5.75 Å². The third kappa shape index (κ3) is 8.88. The highest BCUT2D eigenvalue weighted by molar-refractivity contribution is 14.0. The molecule has 0 fully saturated rings. The lowest BCUT2D eigenvalue weighted by Crippen LogP contribution is -2.37. The van der Waals surface area contributed by atoms with Crippen LogP contribution in [0.1, 0.15) is 38.8 Å². The van der Waals surface area contributed by atoms with Crippen molar-refractivity contribution < 1.29 is 13.2 Å². The molecule has 2 rings (SSSR count). The smallest absolute Gasteiger partial charge is 0.238 e. The Morgan fingerprint density at radius 2 is 1.80 bits per heavy atom. The summed E-state index contributed by atoms with van der Waals surface area (Å²) in [4.78, 5) is 4.62. The average molecular weight is 546 g/mol. The van der Waals surface area contributed by atoms with Crippen LogP contribution < -0.4 is 20.5 Å². The number of guanidine groups is 1. The van der Waals surface area contributed by atoms with Crippen LogP contribution in [-0.2, 0) is 23.1 Å². The van der Waals surface area contributed by atoms with E-state index in [9.17, 15) is 8.42 Å². The summed E-state index contributed by atoms with van der Waals surface area (Å²) in [6, 6.07) is 14.3. The highest BCUT2D eigenvalue weighted by Gasteiger charge is 2.14. The van der Waals surface area contributed by atoms with E-state index in [-0.39, 0.29) is 34.5 Å². The van der Waals surface area contributed by atoms with E-state index in [1.165, 1.54) is 12.1 Å². The van der Waals surface area contributed by atoms with Crippen molar-refractivity contribution in [3.63, 3.8) is 0 Å². The molecule has 0 unspecified atom stereocenters. The van der Waals surface area contributed by atoms with Gasteiger partial charge in [0.15, 0.2) is 5.96 Å². The second-order valence-electron chi connectivity index (χ2n) is 7.56. The van der Waals surface area contributed by atoms with E-state index in [0.29, 0.717) is 25.6 Å². The Kier molecular flexibility index (Phi) is 10.1. The molecule has 166 valence electrons. The molecular weight excluding hydrogens is 515 g/mol. The molecule has 0 aliphatic rings. The van der Waals surface area contributed by atoms with E-state index in [2.05, 4.69) is 15.6 Å². The first kappa shape index (κ1) is 26.2. The molecular formula is C21H31IN4O3S. The fourth-order valence-electron chi connectivity index (χ4n) is 2.59. The molecule has 0 spiro atoms. The summed E-state index contributed by atoms with van der Waals surface area (Å²) in [5.41, 5.74) is 1.48. The van der Waals surface area contributed by atoms with Gasteiger partial charge in [0.05, 0.1) is 11.4 Å². The van der Waals surface area contributed by atoms with E-state index in [1.807, 2.05) is 58.0 Å². The summed E-state index contributed by atoms with van der Waals surface area (Å²) < 4.78 is 29.1. The molecule has 4 N–H and O–H groups in total. The van der Waals surface area contributed by atoms with Crippen LogP contribution in [0.3, 0.4) is 0 Å². The molecule has 0 amide bonds.